The molecule has 27 heavy (non-hydrogen) atoms. The Balaban J connectivity index is 2.35. The number of amides is 2. The van der Waals surface area contributed by atoms with Gasteiger partial charge in [0.25, 0.3) is 0 Å². The molecule has 0 unspecified atom stereocenters. The first kappa shape index (κ1) is 20.8. The SMILES string of the molecule is Cc1cc(Cl)c2cccc(CN(NC(=O)OC(C)C)C(=O)OC(C)C)c2n1. The van der Waals surface area contributed by atoms with Crippen molar-refractivity contribution in [2.24, 2.45) is 0 Å². The highest BCUT2D eigenvalue weighted by Gasteiger charge is 2.22. The Morgan fingerprint density at radius 2 is 1.85 bits per heavy atom. The Hall–Kier alpha value is -2.54. The van der Waals surface area contributed by atoms with E-state index in [0.29, 0.717) is 16.1 Å². The minimum Gasteiger partial charge on any atom is -0.446 e. The third-order valence-electron chi connectivity index (χ3n) is 3.46. The van der Waals surface area contributed by atoms with E-state index in [0.717, 1.165) is 16.1 Å². The molecule has 0 atom stereocenters. The van der Waals surface area contributed by atoms with Gasteiger partial charge in [0, 0.05) is 16.6 Å². The first-order chi connectivity index (χ1) is 12.7. The van der Waals surface area contributed by atoms with Gasteiger partial charge in [-0.15, -0.1) is 0 Å². The van der Waals surface area contributed by atoms with E-state index in [1.165, 1.54) is 0 Å². The standard InChI is InChI=1S/C19H24ClN3O4/c1-11(2)26-18(24)22-23(19(25)27-12(3)4)10-14-7-6-8-15-16(20)9-13(5)21-17(14)15/h6-9,11-12H,10H2,1-5H3,(H,22,24). The maximum absolute atomic E-state index is 12.4. The number of nitrogens with one attached hydrogen (secondary N) is 1. The van der Waals surface area contributed by atoms with Crippen LogP contribution >= 0.6 is 11.6 Å². The van der Waals surface area contributed by atoms with Crippen molar-refractivity contribution >= 4 is 34.7 Å². The lowest BCUT2D eigenvalue weighted by Gasteiger charge is -2.24. The van der Waals surface area contributed by atoms with Crippen LogP contribution in [-0.4, -0.2) is 34.4 Å². The van der Waals surface area contributed by atoms with Gasteiger partial charge in [0.15, 0.2) is 0 Å². The average Bonchev–Trinajstić information content (AvgIpc) is 2.53. The zero-order valence-corrected chi connectivity index (χ0v) is 16.8. The van der Waals surface area contributed by atoms with Gasteiger partial charge in [-0.3, -0.25) is 4.98 Å². The maximum Gasteiger partial charge on any atom is 0.429 e. The van der Waals surface area contributed by atoms with Crippen molar-refractivity contribution in [3.8, 4) is 0 Å². The molecule has 7 nitrogen and oxygen atoms in total. The van der Waals surface area contributed by atoms with E-state index in [2.05, 4.69) is 10.4 Å². The minimum absolute atomic E-state index is 0.0445. The summed E-state index contributed by atoms with van der Waals surface area (Å²) in [5, 5.41) is 2.40. The van der Waals surface area contributed by atoms with Gasteiger partial charge in [0.1, 0.15) is 0 Å². The van der Waals surface area contributed by atoms with Crippen molar-refractivity contribution in [1.82, 2.24) is 15.4 Å². The molecule has 0 spiro atoms. The Labute approximate surface area is 163 Å². The van der Waals surface area contributed by atoms with E-state index >= 15 is 0 Å². The quantitative estimate of drug-likeness (QED) is 0.768. The van der Waals surface area contributed by atoms with Gasteiger partial charge >= 0.3 is 12.2 Å². The molecule has 0 fully saturated rings. The van der Waals surface area contributed by atoms with Gasteiger partial charge in [-0.05, 0) is 40.7 Å². The Morgan fingerprint density at radius 1 is 1.19 bits per heavy atom. The van der Waals surface area contributed by atoms with E-state index in [1.54, 1.807) is 33.8 Å². The van der Waals surface area contributed by atoms with E-state index in [-0.39, 0.29) is 18.8 Å². The number of rotatable bonds is 4. The van der Waals surface area contributed by atoms with Crippen molar-refractivity contribution < 1.29 is 19.1 Å². The highest BCUT2D eigenvalue weighted by molar-refractivity contribution is 6.35. The molecule has 1 N–H and O–H groups in total. The van der Waals surface area contributed by atoms with Crippen LogP contribution < -0.4 is 5.43 Å². The van der Waals surface area contributed by atoms with Crippen molar-refractivity contribution in [2.75, 3.05) is 0 Å². The van der Waals surface area contributed by atoms with Gasteiger partial charge in [-0.25, -0.2) is 20.0 Å². The number of benzene rings is 1. The summed E-state index contributed by atoms with van der Waals surface area (Å²) >= 11 is 6.31. The third-order valence-corrected chi connectivity index (χ3v) is 3.77. The van der Waals surface area contributed by atoms with Gasteiger partial charge < -0.3 is 9.47 Å². The molecule has 1 aromatic carbocycles. The summed E-state index contributed by atoms with van der Waals surface area (Å²) in [5.74, 6) is 0. The maximum atomic E-state index is 12.4. The first-order valence-corrected chi connectivity index (χ1v) is 9.05. The number of fused-ring (bicyclic) bond motifs is 1. The summed E-state index contributed by atoms with van der Waals surface area (Å²) in [6, 6.07) is 7.26. The number of para-hydroxylation sites is 1. The van der Waals surface area contributed by atoms with Crippen LogP contribution in [0.5, 0.6) is 0 Å². The normalized spacial score (nSPS) is 11.0. The van der Waals surface area contributed by atoms with E-state index in [4.69, 9.17) is 21.1 Å². The summed E-state index contributed by atoms with van der Waals surface area (Å²) < 4.78 is 10.3. The Bertz CT molecular complexity index is 839. The van der Waals surface area contributed by atoms with Gasteiger partial charge in [0.05, 0.1) is 29.3 Å². The summed E-state index contributed by atoms with van der Waals surface area (Å²) in [6.07, 6.45) is -2.10. The molecule has 0 aliphatic heterocycles. The molecule has 2 aromatic rings. The number of ether oxygens (including phenoxy) is 2. The molecular weight excluding hydrogens is 370 g/mol. The summed E-state index contributed by atoms with van der Waals surface area (Å²) in [5.41, 5.74) is 4.55. The van der Waals surface area contributed by atoms with Crippen LogP contribution in [0.3, 0.4) is 0 Å². The van der Waals surface area contributed by atoms with E-state index < -0.39 is 12.2 Å². The molecule has 146 valence electrons. The number of hydrogen-bond acceptors (Lipinski definition) is 5. The molecule has 1 aromatic heterocycles. The number of hydrazine groups is 1. The number of carbonyl (C=O) groups excluding carboxylic acids is 2. The third kappa shape index (κ3) is 5.72. The smallest absolute Gasteiger partial charge is 0.429 e. The lowest BCUT2D eigenvalue weighted by atomic mass is 10.1. The molecule has 2 rings (SSSR count). The zero-order chi connectivity index (χ0) is 20.1. The topological polar surface area (TPSA) is 80.8 Å². The lowest BCUT2D eigenvalue weighted by molar-refractivity contribution is 0.0445. The van der Waals surface area contributed by atoms with E-state index in [1.807, 2.05) is 25.1 Å². The average molecular weight is 394 g/mol. The summed E-state index contributed by atoms with van der Waals surface area (Å²) in [6.45, 7) is 8.77. The second-order valence-corrected chi connectivity index (χ2v) is 7.05. The van der Waals surface area contributed by atoms with E-state index in [9.17, 15) is 9.59 Å². The monoisotopic (exact) mass is 393 g/mol. The summed E-state index contributed by atoms with van der Waals surface area (Å²) in [4.78, 5) is 29.0. The minimum atomic E-state index is -0.742. The van der Waals surface area contributed by atoms with Crippen molar-refractivity contribution in [1.29, 1.82) is 0 Å². The molecular formula is C19H24ClN3O4. The number of aryl methyl sites for hydroxylation is 1. The van der Waals surface area contributed by atoms with Crippen LogP contribution in [0.1, 0.15) is 39.0 Å². The number of aromatic nitrogens is 1. The molecule has 0 aliphatic rings. The van der Waals surface area contributed by atoms with Crippen LogP contribution in [-0.2, 0) is 16.0 Å². The van der Waals surface area contributed by atoms with Gasteiger partial charge in [-0.2, -0.15) is 0 Å². The molecule has 2 amide bonds. The Kier molecular flexibility index (Phi) is 6.85. The molecule has 8 heteroatoms. The highest BCUT2D eigenvalue weighted by Crippen LogP contribution is 2.26. The first-order valence-electron chi connectivity index (χ1n) is 8.67. The fourth-order valence-corrected chi connectivity index (χ4v) is 2.76. The summed E-state index contributed by atoms with van der Waals surface area (Å²) in [7, 11) is 0. The van der Waals surface area contributed by atoms with Gasteiger partial charge in [-0.1, -0.05) is 29.8 Å². The van der Waals surface area contributed by atoms with Crippen molar-refractivity contribution in [2.45, 2.75) is 53.4 Å². The Morgan fingerprint density at radius 3 is 2.48 bits per heavy atom. The predicted octanol–water partition coefficient (Wildman–Crippen LogP) is 4.59. The fraction of sp³-hybridized carbons (Fsp3) is 0.421. The number of hydrogen-bond donors (Lipinski definition) is 1. The second-order valence-electron chi connectivity index (χ2n) is 6.64. The molecule has 0 bridgehead atoms. The molecule has 0 saturated carbocycles. The van der Waals surface area contributed by atoms with Crippen LogP contribution in [0, 0.1) is 6.92 Å². The number of nitrogens with zero attached hydrogens (tertiary/aromatic N) is 2. The zero-order valence-electron chi connectivity index (χ0n) is 16.1. The van der Waals surface area contributed by atoms with Crippen molar-refractivity contribution in [3.63, 3.8) is 0 Å². The van der Waals surface area contributed by atoms with Gasteiger partial charge in [0.2, 0.25) is 0 Å². The van der Waals surface area contributed by atoms with Crippen LogP contribution in [0.2, 0.25) is 5.02 Å². The lowest BCUT2D eigenvalue weighted by Crippen LogP contribution is -2.47. The molecule has 0 saturated heterocycles. The van der Waals surface area contributed by atoms with Crippen LogP contribution in [0.25, 0.3) is 10.9 Å². The number of pyridine rings is 1. The van der Waals surface area contributed by atoms with Crippen LogP contribution in [0.15, 0.2) is 24.3 Å². The second kappa shape index (κ2) is 8.90. The van der Waals surface area contributed by atoms with Crippen LogP contribution in [0.4, 0.5) is 9.59 Å². The molecule has 1 heterocycles. The largest absolute Gasteiger partial charge is 0.446 e. The molecule has 0 aliphatic carbocycles. The molecule has 0 radical (unpaired) electrons. The fourth-order valence-electron chi connectivity index (χ4n) is 2.45. The highest BCUT2D eigenvalue weighted by atomic mass is 35.5. The number of carbonyl (C=O) groups is 2. The predicted molar refractivity (Wildman–Crippen MR) is 103 cm³/mol. The van der Waals surface area contributed by atoms with Crippen molar-refractivity contribution in [3.05, 3.63) is 40.5 Å². The number of halogens is 1.